The molecule has 0 unspecified atom stereocenters. The molecular formula is C17H18ClF3N4OS. The summed E-state index contributed by atoms with van der Waals surface area (Å²) in [5.41, 5.74) is -0.584. The van der Waals surface area contributed by atoms with Crippen LogP contribution in [-0.2, 0) is 11.0 Å². The molecule has 1 aliphatic rings. The number of carbonyl (C=O) groups is 1. The lowest BCUT2D eigenvalue weighted by molar-refractivity contribution is -0.137. The minimum absolute atomic E-state index is 0.102. The lowest BCUT2D eigenvalue weighted by Crippen LogP contribution is -2.39. The number of halogens is 4. The normalized spacial score (nSPS) is 15.7. The largest absolute Gasteiger partial charge is 0.416 e. The van der Waals surface area contributed by atoms with Crippen LogP contribution in [0.15, 0.2) is 18.2 Å². The summed E-state index contributed by atoms with van der Waals surface area (Å²) < 4.78 is 38.3. The van der Waals surface area contributed by atoms with E-state index >= 15 is 0 Å². The fourth-order valence-corrected chi connectivity index (χ4v) is 3.62. The number of aromatic nitrogens is 2. The van der Waals surface area contributed by atoms with E-state index in [0.717, 1.165) is 30.0 Å². The molecule has 0 spiro atoms. The van der Waals surface area contributed by atoms with E-state index in [9.17, 15) is 18.0 Å². The molecule has 1 atom stereocenters. The maximum absolute atomic E-state index is 12.8. The van der Waals surface area contributed by atoms with Crippen LogP contribution in [0.2, 0.25) is 5.02 Å². The van der Waals surface area contributed by atoms with Crippen LogP contribution in [-0.4, -0.2) is 22.1 Å². The van der Waals surface area contributed by atoms with E-state index in [1.54, 1.807) is 0 Å². The van der Waals surface area contributed by atoms with Crippen LogP contribution in [0.3, 0.4) is 0 Å². The zero-order chi connectivity index (χ0) is 19.8. The summed E-state index contributed by atoms with van der Waals surface area (Å²) in [7, 11) is 0. The van der Waals surface area contributed by atoms with Crippen LogP contribution in [0.5, 0.6) is 0 Å². The number of alkyl halides is 3. The topological polar surface area (TPSA) is 66.9 Å². The molecule has 1 heterocycles. The highest BCUT2D eigenvalue weighted by atomic mass is 35.5. The molecule has 146 valence electrons. The van der Waals surface area contributed by atoms with Crippen LogP contribution < -0.4 is 10.6 Å². The molecule has 5 nitrogen and oxygen atoms in total. The Morgan fingerprint density at radius 1 is 1.30 bits per heavy atom. The molecule has 1 saturated carbocycles. The first-order chi connectivity index (χ1) is 12.6. The van der Waals surface area contributed by atoms with Gasteiger partial charge in [0.15, 0.2) is 0 Å². The van der Waals surface area contributed by atoms with Crippen molar-refractivity contribution in [2.75, 3.05) is 10.6 Å². The second-order valence-corrected chi connectivity index (χ2v) is 8.18. The van der Waals surface area contributed by atoms with Gasteiger partial charge in [-0.2, -0.15) is 13.2 Å². The standard InChI is InChI=1S/C17H18ClF3N4OS/c1-8(2)13(14(26)23-16-25-24-15(27-16)9-3-4-9)22-12-6-5-10(7-11(12)18)17(19,20)21/h5-9,13,22H,3-4H2,1-2H3,(H,23,25,26)/t13-/m1/s1. The van der Waals surface area contributed by atoms with Crippen molar-refractivity contribution < 1.29 is 18.0 Å². The molecule has 1 amide bonds. The smallest absolute Gasteiger partial charge is 0.372 e. The lowest BCUT2D eigenvalue weighted by Gasteiger charge is -2.23. The number of anilines is 2. The van der Waals surface area contributed by atoms with E-state index in [1.165, 1.54) is 17.4 Å². The summed E-state index contributed by atoms with van der Waals surface area (Å²) in [4.78, 5) is 12.6. The molecule has 1 aliphatic carbocycles. The van der Waals surface area contributed by atoms with Gasteiger partial charge >= 0.3 is 6.18 Å². The first-order valence-electron chi connectivity index (χ1n) is 8.42. The summed E-state index contributed by atoms with van der Waals surface area (Å²) in [5.74, 6) is -0.0447. The van der Waals surface area contributed by atoms with Crippen molar-refractivity contribution in [1.82, 2.24) is 10.2 Å². The second-order valence-electron chi connectivity index (χ2n) is 6.77. The van der Waals surface area contributed by atoms with Gasteiger partial charge in [-0.3, -0.25) is 10.1 Å². The fraction of sp³-hybridized carbons (Fsp3) is 0.471. The van der Waals surface area contributed by atoms with Crippen molar-refractivity contribution in [3.05, 3.63) is 33.8 Å². The number of carbonyl (C=O) groups excluding carboxylic acids is 1. The third-order valence-corrected chi connectivity index (χ3v) is 5.47. The SMILES string of the molecule is CC(C)[C@@H](Nc1ccc(C(F)(F)F)cc1Cl)C(=O)Nc1nnc(C2CC2)s1. The monoisotopic (exact) mass is 418 g/mol. The van der Waals surface area contributed by atoms with Crippen molar-refractivity contribution in [2.24, 2.45) is 5.92 Å². The minimum Gasteiger partial charge on any atom is -0.372 e. The number of rotatable bonds is 6. The summed E-state index contributed by atoms with van der Waals surface area (Å²) >= 11 is 7.32. The minimum atomic E-state index is -4.48. The lowest BCUT2D eigenvalue weighted by atomic mass is 10.0. The average Bonchev–Trinajstić information content (AvgIpc) is 3.32. The number of amides is 1. The summed E-state index contributed by atoms with van der Waals surface area (Å²) in [6.45, 7) is 3.65. The Morgan fingerprint density at radius 2 is 2.00 bits per heavy atom. The van der Waals surface area contributed by atoms with Gasteiger partial charge in [-0.1, -0.05) is 36.8 Å². The molecule has 2 aromatic rings. The molecule has 0 radical (unpaired) electrons. The van der Waals surface area contributed by atoms with Gasteiger partial charge in [0.1, 0.15) is 11.0 Å². The predicted octanol–water partition coefficient (Wildman–Crippen LogP) is 5.16. The van der Waals surface area contributed by atoms with Gasteiger partial charge in [0, 0.05) is 5.92 Å². The van der Waals surface area contributed by atoms with E-state index < -0.39 is 17.8 Å². The van der Waals surface area contributed by atoms with Crippen molar-refractivity contribution in [3.63, 3.8) is 0 Å². The van der Waals surface area contributed by atoms with Crippen LogP contribution in [0.25, 0.3) is 0 Å². The van der Waals surface area contributed by atoms with E-state index in [4.69, 9.17) is 11.6 Å². The van der Waals surface area contributed by atoms with Gasteiger partial charge in [-0.05, 0) is 37.0 Å². The maximum atomic E-state index is 12.8. The molecule has 0 bridgehead atoms. The van der Waals surface area contributed by atoms with E-state index in [-0.39, 0.29) is 22.5 Å². The quantitative estimate of drug-likeness (QED) is 0.679. The van der Waals surface area contributed by atoms with E-state index in [2.05, 4.69) is 20.8 Å². The Bertz CT molecular complexity index is 836. The first-order valence-corrected chi connectivity index (χ1v) is 9.62. The molecule has 3 rings (SSSR count). The van der Waals surface area contributed by atoms with Crippen LogP contribution in [0, 0.1) is 5.92 Å². The Morgan fingerprint density at radius 3 is 2.56 bits per heavy atom. The molecule has 0 saturated heterocycles. The average molecular weight is 419 g/mol. The predicted molar refractivity (Wildman–Crippen MR) is 99.2 cm³/mol. The summed E-state index contributed by atoms with van der Waals surface area (Å²) in [6.07, 6.45) is -2.30. The number of nitrogens with one attached hydrogen (secondary N) is 2. The molecule has 1 fully saturated rings. The van der Waals surface area contributed by atoms with Gasteiger partial charge in [-0.25, -0.2) is 0 Å². The molecule has 1 aromatic carbocycles. The third-order valence-electron chi connectivity index (χ3n) is 4.15. The van der Waals surface area contributed by atoms with Crippen LogP contribution >= 0.6 is 22.9 Å². The highest BCUT2D eigenvalue weighted by molar-refractivity contribution is 7.15. The van der Waals surface area contributed by atoms with Gasteiger partial charge < -0.3 is 5.32 Å². The highest BCUT2D eigenvalue weighted by Crippen LogP contribution is 2.42. The first kappa shape index (κ1) is 19.9. The number of nitrogens with zero attached hydrogens (tertiary/aromatic N) is 2. The second kappa shape index (κ2) is 7.63. The van der Waals surface area contributed by atoms with Crippen LogP contribution in [0.4, 0.5) is 24.0 Å². The Hall–Kier alpha value is -1.87. The Labute approximate surface area is 163 Å². The van der Waals surface area contributed by atoms with E-state index in [0.29, 0.717) is 11.0 Å². The molecule has 2 N–H and O–H groups in total. The third kappa shape index (κ3) is 4.90. The number of hydrogen-bond acceptors (Lipinski definition) is 5. The van der Waals surface area contributed by atoms with Gasteiger partial charge in [-0.15, -0.1) is 10.2 Å². The van der Waals surface area contributed by atoms with Gasteiger partial charge in [0.2, 0.25) is 11.0 Å². The number of benzene rings is 1. The zero-order valence-corrected chi connectivity index (χ0v) is 16.2. The molecule has 0 aliphatic heterocycles. The molecule has 10 heteroatoms. The highest BCUT2D eigenvalue weighted by Gasteiger charge is 2.32. The number of hydrogen-bond donors (Lipinski definition) is 2. The Balaban J connectivity index is 1.72. The summed E-state index contributed by atoms with van der Waals surface area (Å²) in [6, 6.07) is 2.29. The van der Waals surface area contributed by atoms with Crippen molar-refractivity contribution >= 4 is 39.7 Å². The fourth-order valence-electron chi connectivity index (χ4n) is 2.47. The summed E-state index contributed by atoms with van der Waals surface area (Å²) in [5, 5.41) is 14.9. The van der Waals surface area contributed by atoms with Crippen molar-refractivity contribution in [1.29, 1.82) is 0 Å². The molecular weight excluding hydrogens is 401 g/mol. The van der Waals surface area contributed by atoms with Crippen LogP contribution in [0.1, 0.15) is 43.2 Å². The maximum Gasteiger partial charge on any atom is 0.416 e. The molecule has 27 heavy (non-hydrogen) atoms. The van der Waals surface area contributed by atoms with Crippen molar-refractivity contribution in [3.8, 4) is 0 Å². The molecule has 1 aromatic heterocycles. The van der Waals surface area contributed by atoms with Crippen molar-refractivity contribution in [2.45, 2.75) is 44.8 Å². The van der Waals surface area contributed by atoms with E-state index in [1.807, 2.05) is 13.8 Å². The van der Waals surface area contributed by atoms with Gasteiger partial charge in [0.25, 0.3) is 0 Å². The van der Waals surface area contributed by atoms with Gasteiger partial charge in [0.05, 0.1) is 16.3 Å². The zero-order valence-electron chi connectivity index (χ0n) is 14.6. The Kier molecular flexibility index (Phi) is 5.62.